The van der Waals surface area contributed by atoms with E-state index >= 15 is 0 Å². The number of allylic oxidation sites excluding steroid dienone is 5. The summed E-state index contributed by atoms with van der Waals surface area (Å²) in [6.07, 6.45) is 13.1. The summed E-state index contributed by atoms with van der Waals surface area (Å²) < 4.78 is 0. The molecule has 0 aromatic heterocycles. The lowest BCUT2D eigenvalue weighted by Crippen LogP contribution is -2.41. The van der Waals surface area contributed by atoms with E-state index < -0.39 is 0 Å². The Morgan fingerprint density at radius 3 is 2.33 bits per heavy atom. The molecule has 0 saturated heterocycles. The third-order valence-electron chi connectivity index (χ3n) is 6.63. The van der Waals surface area contributed by atoms with Crippen LogP contribution in [0.1, 0.15) is 78.9 Å². The standard InChI is InChI=1S/C30H43N3.C3H6/c1-9-13-30(26(8)31-23(5)17-16-22(4)21(3)10-2)33-25(7)24(6)32-29-19-18-27-14-11-12-15-28(27)20-29;1-3-2/h9-15,24,26,29,32H,2,7,16-20H2,1,3-6,8H3;3H,1H2,2H3/b13-9-,22-21+,31-23?,33-30?;. The fourth-order valence-corrected chi connectivity index (χ4v) is 4.19. The lowest BCUT2D eigenvalue weighted by Gasteiger charge is -2.28. The Balaban J connectivity index is 0.00000205. The molecule has 196 valence electrons. The van der Waals surface area contributed by atoms with Crippen LogP contribution in [0.4, 0.5) is 0 Å². The van der Waals surface area contributed by atoms with Crippen LogP contribution in [0.25, 0.3) is 0 Å². The van der Waals surface area contributed by atoms with Crippen LogP contribution >= 0.6 is 0 Å². The summed E-state index contributed by atoms with van der Waals surface area (Å²) in [4.78, 5) is 9.84. The van der Waals surface area contributed by atoms with E-state index in [1.165, 1.54) is 22.3 Å². The number of fused-ring (bicyclic) bond motifs is 1. The predicted octanol–water partition coefficient (Wildman–Crippen LogP) is 8.40. The van der Waals surface area contributed by atoms with Crippen LogP contribution in [-0.4, -0.2) is 29.5 Å². The third-order valence-corrected chi connectivity index (χ3v) is 6.63. The second kappa shape index (κ2) is 16.8. The number of benzene rings is 1. The fourth-order valence-electron chi connectivity index (χ4n) is 4.19. The summed E-state index contributed by atoms with van der Waals surface area (Å²) in [5.74, 6) is 0. The summed E-state index contributed by atoms with van der Waals surface area (Å²) in [5, 5.41) is 3.76. The van der Waals surface area contributed by atoms with Crippen LogP contribution in [0, 0.1) is 0 Å². The minimum atomic E-state index is -0.00325. The zero-order valence-electron chi connectivity index (χ0n) is 23.9. The molecular weight excluding hydrogens is 438 g/mol. The average molecular weight is 488 g/mol. The van der Waals surface area contributed by atoms with Crippen LogP contribution in [0.2, 0.25) is 0 Å². The Bertz CT molecular complexity index is 990. The number of nitrogens with zero attached hydrogens (tertiary/aromatic N) is 2. The van der Waals surface area contributed by atoms with Gasteiger partial charge in [0, 0.05) is 17.8 Å². The van der Waals surface area contributed by atoms with E-state index in [0.29, 0.717) is 6.04 Å². The maximum atomic E-state index is 4.93. The predicted molar refractivity (Wildman–Crippen MR) is 162 cm³/mol. The second-order valence-corrected chi connectivity index (χ2v) is 9.74. The van der Waals surface area contributed by atoms with Gasteiger partial charge in [-0.05, 0) is 97.8 Å². The van der Waals surface area contributed by atoms with Crippen LogP contribution in [0.5, 0.6) is 0 Å². The summed E-state index contributed by atoms with van der Waals surface area (Å²) >= 11 is 0. The van der Waals surface area contributed by atoms with Crippen molar-refractivity contribution in [3.05, 3.63) is 96.3 Å². The van der Waals surface area contributed by atoms with Crippen molar-refractivity contribution in [2.45, 2.75) is 98.7 Å². The number of rotatable bonds is 11. The molecule has 3 atom stereocenters. The molecule has 36 heavy (non-hydrogen) atoms. The van der Waals surface area contributed by atoms with E-state index in [-0.39, 0.29) is 12.1 Å². The number of aliphatic imine (C=N–C) groups is 2. The Kier molecular flexibility index (Phi) is 14.6. The van der Waals surface area contributed by atoms with E-state index in [1.807, 2.05) is 26.0 Å². The van der Waals surface area contributed by atoms with Gasteiger partial charge in [-0.15, -0.1) is 6.58 Å². The van der Waals surface area contributed by atoms with Gasteiger partial charge in [0.1, 0.15) is 0 Å². The topological polar surface area (TPSA) is 36.8 Å². The lowest BCUT2D eigenvalue weighted by molar-refractivity contribution is 0.429. The highest BCUT2D eigenvalue weighted by atomic mass is 15.0. The largest absolute Gasteiger partial charge is 0.306 e. The molecule has 0 fully saturated rings. The molecule has 2 rings (SSSR count). The molecule has 0 heterocycles. The Morgan fingerprint density at radius 2 is 1.72 bits per heavy atom. The molecule has 1 N–H and O–H groups in total. The van der Waals surface area contributed by atoms with Crippen molar-refractivity contribution in [2.24, 2.45) is 9.98 Å². The van der Waals surface area contributed by atoms with Crippen molar-refractivity contribution < 1.29 is 0 Å². The van der Waals surface area contributed by atoms with E-state index in [2.05, 4.69) is 90.0 Å². The third kappa shape index (κ3) is 10.9. The van der Waals surface area contributed by atoms with Gasteiger partial charge in [-0.3, -0.25) is 9.98 Å². The molecule has 1 aliphatic carbocycles. The quantitative estimate of drug-likeness (QED) is 0.190. The number of hydrogen-bond acceptors (Lipinski definition) is 3. The van der Waals surface area contributed by atoms with E-state index in [1.54, 1.807) is 6.08 Å². The molecule has 3 nitrogen and oxygen atoms in total. The summed E-state index contributed by atoms with van der Waals surface area (Å²) in [5.41, 5.74) is 8.54. The highest BCUT2D eigenvalue weighted by Crippen LogP contribution is 2.22. The zero-order chi connectivity index (χ0) is 27.1. The van der Waals surface area contributed by atoms with Crippen LogP contribution in [0.15, 0.2) is 95.1 Å². The van der Waals surface area contributed by atoms with Crippen molar-refractivity contribution in [1.82, 2.24) is 5.32 Å². The molecular formula is C33H49N3. The van der Waals surface area contributed by atoms with Crippen molar-refractivity contribution >= 4 is 11.4 Å². The van der Waals surface area contributed by atoms with Crippen molar-refractivity contribution in [1.29, 1.82) is 0 Å². The van der Waals surface area contributed by atoms with Crippen LogP contribution in [-0.2, 0) is 12.8 Å². The summed E-state index contributed by atoms with van der Waals surface area (Å²) in [6.45, 7) is 26.1. The smallest absolute Gasteiger partial charge is 0.0890 e. The molecule has 0 radical (unpaired) electrons. The molecule has 0 bridgehead atoms. The van der Waals surface area contributed by atoms with Crippen molar-refractivity contribution in [3.8, 4) is 0 Å². The fraction of sp³-hybridized carbons (Fsp3) is 0.455. The van der Waals surface area contributed by atoms with Gasteiger partial charge >= 0.3 is 0 Å². The maximum absolute atomic E-state index is 4.93. The molecule has 1 aromatic carbocycles. The first-order valence-corrected chi connectivity index (χ1v) is 13.3. The van der Waals surface area contributed by atoms with Gasteiger partial charge in [0.2, 0.25) is 0 Å². The number of hydrogen-bond donors (Lipinski definition) is 1. The van der Waals surface area contributed by atoms with Gasteiger partial charge in [-0.2, -0.15) is 0 Å². The minimum absolute atomic E-state index is 0.00325. The number of nitrogens with one attached hydrogen (secondary N) is 1. The first-order chi connectivity index (χ1) is 17.2. The van der Waals surface area contributed by atoms with Gasteiger partial charge in [0.15, 0.2) is 0 Å². The van der Waals surface area contributed by atoms with Crippen molar-refractivity contribution in [3.63, 3.8) is 0 Å². The van der Waals surface area contributed by atoms with E-state index in [4.69, 9.17) is 9.98 Å². The average Bonchev–Trinajstić information content (AvgIpc) is 2.86. The molecule has 0 aliphatic heterocycles. The Morgan fingerprint density at radius 1 is 1.08 bits per heavy atom. The molecule has 3 heteroatoms. The Hall–Kier alpha value is -2.78. The molecule has 0 spiro atoms. The molecule has 3 unspecified atom stereocenters. The summed E-state index contributed by atoms with van der Waals surface area (Å²) in [6, 6.07) is 9.36. The highest BCUT2D eigenvalue weighted by molar-refractivity contribution is 6.01. The van der Waals surface area contributed by atoms with Gasteiger partial charge in [-0.1, -0.05) is 66.8 Å². The molecule has 0 amide bonds. The first-order valence-electron chi connectivity index (χ1n) is 13.3. The van der Waals surface area contributed by atoms with Gasteiger partial charge in [0.25, 0.3) is 0 Å². The Labute approximate surface area is 221 Å². The van der Waals surface area contributed by atoms with Gasteiger partial charge < -0.3 is 5.32 Å². The lowest BCUT2D eigenvalue weighted by atomic mass is 9.88. The monoisotopic (exact) mass is 487 g/mol. The normalized spacial score (nSPS) is 18.4. The highest BCUT2D eigenvalue weighted by Gasteiger charge is 2.20. The molecule has 0 saturated carbocycles. The van der Waals surface area contributed by atoms with Crippen molar-refractivity contribution in [2.75, 3.05) is 0 Å². The second-order valence-electron chi connectivity index (χ2n) is 9.74. The van der Waals surface area contributed by atoms with E-state index in [0.717, 1.165) is 49.2 Å². The number of aryl methyl sites for hydroxylation is 1. The van der Waals surface area contributed by atoms with Gasteiger partial charge in [-0.25, -0.2) is 0 Å². The zero-order valence-corrected chi connectivity index (χ0v) is 23.9. The summed E-state index contributed by atoms with van der Waals surface area (Å²) in [7, 11) is 0. The molecule has 1 aromatic rings. The minimum Gasteiger partial charge on any atom is -0.306 e. The van der Waals surface area contributed by atoms with Crippen LogP contribution < -0.4 is 5.32 Å². The molecule has 1 aliphatic rings. The first kappa shape index (κ1) is 31.3. The maximum Gasteiger partial charge on any atom is 0.0890 e. The SMILES string of the molecule is C=C/C(C)=C(\C)CCC(C)=NC(C)C(/C=C\C)=NC(=C)C(C)NC1CCc2ccccc2C1.C=CC. The van der Waals surface area contributed by atoms with Gasteiger partial charge in [0.05, 0.1) is 17.5 Å². The van der Waals surface area contributed by atoms with Crippen LogP contribution in [0.3, 0.4) is 0 Å². The van der Waals surface area contributed by atoms with E-state index in [9.17, 15) is 0 Å².